The standard InChI is InChI=1S/C20H26FN5O/c1-14-2-3-15(11-17(14)21)10-16-4-5-26(13-16)19-12-18(23-20(22)24-19)25-6-8-27-9-7-25/h2-3,11-12,16H,4-10,13H2,1H3,(H2,22,23,24). The van der Waals surface area contributed by atoms with Crippen molar-refractivity contribution in [3.05, 3.63) is 41.2 Å². The normalized spacial score (nSPS) is 20.3. The number of rotatable bonds is 4. The predicted molar refractivity (Wildman–Crippen MR) is 105 cm³/mol. The third-order valence-electron chi connectivity index (χ3n) is 5.42. The van der Waals surface area contributed by atoms with Crippen LogP contribution in [0.25, 0.3) is 0 Å². The van der Waals surface area contributed by atoms with E-state index in [1.165, 1.54) is 0 Å². The van der Waals surface area contributed by atoms with Gasteiger partial charge >= 0.3 is 0 Å². The quantitative estimate of drug-likeness (QED) is 0.890. The number of nitrogens with two attached hydrogens (primary N) is 1. The van der Waals surface area contributed by atoms with Gasteiger partial charge in [0.15, 0.2) is 0 Å². The fourth-order valence-corrected chi connectivity index (χ4v) is 3.86. The number of benzene rings is 1. The van der Waals surface area contributed by atoms with Crippen LogP contribution in [-0.2, 0) is 11.2 Å². The van der Waals surface area contributed by atoms with Crippen molar-refractivity contribution < 1.29 is 9.13 Å². The molecule has 0 saturated carbocycles. The number of halogens is 1. The van der Waals surface area contributed by atoms with Crippen molar-refractivity contribution in [3.8, 4) is 0 Å². The van der Waals surface area contributed by atoms with Crippen LogP contribution >= 0.6 is 0 Å². The molecule has 3 heterocycles. The molecule has 2 aliphatic heterocycles. The highest BCUT2D eigenvalue weighted by molar-refractivity contribution is 5.54. The van der Waals surface area contributed by atoms with Crippen LogP contribution in [0, 0.1) is 18.7 Å². The second kappa shape index (κ2) is 7.68. The van der Waals surface area contributed by atoms with E-state index in [-0.39, 0.29) is 5.82 Å². The van der Waals surface area contributed by atoms with Gasteiger partial charge in [-0.15, -0.1) is 0 Å². The van der Waals surface area contributed by atoms with Crippen molar-refractivity contribution in [2.75, 3.05) is 54.9 Å². The van der Waals surface area contributed by atoms with Crippen LogP contribution < -0.4 is 15.5 Å². The first-order chi connectivity index (χ1) is 13.1. The number of aryl methyl sites for hydroxylation is 1. The van der Waals surface area contributed by atoms with Gasteiger partial charge in [0, 0.05) is 32.2 Å². The Labute approximate surface area is 159 Å². The number of anilines is 3. The lowest BCUT2D eigenvalue weighted by Crippen LogP contribution is -2.37. The highest BCUT2D eigenvalue weighted by Gasteiger charge is 2.25. The van der Waals surface area contributed by atoms with Crippen molar-refractivity contribution in [2.45, 2.75) is 19.8 Å². The zero-order valence-corrected chi connectivity index (χ0v) is 15.7. The minimum absolute atomic E-state index is 0.124. The summed E-state index contributed by atoms with van der Waals surface area (Å²) in [6.07, 6.45) is 1.94. The fourth-order valence-electron chi connectivity index (χ4n) is 3.86. The Bertz CT molecular complexity index is 809. The lowest BCUT2D eigenvalue weighted by Gasteiger charge is -2.29. The van der Waals surface area contributed by atoms with E-state index < -0.39 is 0 Å². The summed E-state index contributed by atoms with van der Waals surface area (Å²) in [5, 5.41) is 0. The van der Waals surface area contributed by atoms with E-state index in [0.29, 0.717) is 30.6 Å². The van der Waals surface area contributed by atoms with E-state index in [9.17, 15) is 4.39 Å². The Kier molecular flexibility index (Phi) is 5.11. The first-order valence-corrected chi connectivity index (χ1v) is 9.56. The minimum Gasteiger partial charge on any atom is -0.378 e. The predicted octanol–water partition coefficient (Wildman–Crippen LogP) is 2.41. The highest BCUT2D eigenvalue weighted by atomic mass is 19.1. The molecule has 0 radical (unpaired) electrons. The zero-order valence-electron chi connectivity index (χ0n) is 15.7. The average Bonchev–Trinajstić information content (AvgIpc) is 3.13. The Hall–Kier alpha value is -2.41. The number of ether oxygens (including phenoxy) is 1. The highest BCUT2D eigenvalue weighted by Crippen LogP contribution is 2.28. The molecule has 2 aliphatic rings. The molecule has 144 valence electrons. The third-order valence-corrected chi connectivity index (χ3v) is 5.42. The maximum atomic E-state index is 13.8. The molecular formula is C20H26FN5O. The summed E-state index contributed by atoms with van der Waals surface area (Å²) in [6, 6.07) is 7.57. The molecule has 6 nitrogen and oxygen atoms in total. The zero-order chi connectivity index (χ0) is 18.8. The van der Waals surface area contributed by atoms with Crippen molar-refractivity contribution >= 4 is 17.6 Å². The van der Waals surface area contributed by atoms with Crippen molar-refractivity contribution in [1.29, 1.82) is 0 Å². The summed E-state index contributed by atoms with van der Waals surface area (Å²) in [7, 11) is 0. The summed E-state index contributed by atoms with van der Waals surface area (Å²) in [5.41, 5.74) is 7.72. The second-order valence-electron chi connectivity index (χ2n) is 7.43. The van der Waals surface area contributed by atoms with Crippen molar-refractivity contribution in [1.82, 2.24) is 9.97 Å². The smallest absolute Gasteiger partial charge is 0.223 e. The molecule has 0 amide bonds. The van der Waals surface area contributed by atoms with Crippen LogP contribution in [-0.4, -0.2) is 49.4 Å². The van der Waals surface area contributed by atoms with E-state index >= 15 is 0 Å². The van der Waals surface area contributed by atoms with Gasteiger partial charge in [0.25, 0.3) is 0 Å². The van der Waals surface area contributed by atoms with E-state index in [4.69, 9.17) is 10.5 Å². The SMILES string of the molecule is Cc1ccc(CC2CCN(c3cc(N4CCOCC4)nc(N)n3)C2)cc1F. The number of nitrogen functional groups attached to an aromatic ring is 1. The summed E-state index contributed by atoms with van der Waals surface area (Å²) in [6.45, 7) is 6.67. The molecule has 0 bridgehead atoms. The number of hydrogen-bond acceptors (Lipinski definition) is 6. The van der Waals surface area contributed by atoms with Gasteiger partial charge in [-0.05, 0) is 42.9 Å². The largest absolute Gasteiger partial charge is 0.378 e. The van der Waals surface area contributed by atoms with Gasteiger partial charge < -0.3 is 20.3 Å². The Morgan fingerprint density at radius 2 is 1.85 bits per heavy atom. The molecule has 1 unspecified atom stereocenters. The van der Waals surface area contributed by atoms with Gasteiger partial charge in [-0.2, -0.15) is 9.97 Å². The van der Waals surface area contributed by atoms with E-state index in [0.717, 1.165) is 56.2 Å². The molecular weight excluding hydrogens is 345 g/mol. The van der Waals surface area contributed by atoms with Crippen LogP contribution in [0.2, 0.25) is 0 Å². The molecule has 0 aliphatic carbocycles. The minimum atomic E-state index is -0.124. The van der Waals surface area contributed by atoms with Crippen LogP contribution in [0.4, 0.5) is 22.0 Å². The van der Waals surface area contributed by atoms with E-state index in [2.05, 4.69) is 19.8 Å². The molecule has 7 heteroatoms. The summed E-state index contributed by atoms with van der Waals surface area (Å²) >= 11 is 0. The van der Waals surface area contributed by atoms with Crippen LogP contribution in [0.3, 0.4) is 0 Å². The Morgan fingerprint density at radius 1 is 1.11 bits per heavy atom. The number of hydrogen-bond donors (Lipinski definition) is 1. The van der Waals surface area contributed by atoms with Crippen LogP contribution in [0.1, 0.15) is 17.5 Å². The van der Waals surface area contributed by atoms with Gasteiger partial charge in [-0.25, -0.2) is 4.39 Å². The average molecular weight is 371 g/mol. The summed E-state index contributed by atoms with van der Waals surface area (Å²) < 4.78 is 19.2. The van der Waals surface area contributed by atoms with E-state index in [1.54, 1.807) is 13.0 Å². The topological polar surface area (TPSA) is 67.5 Å². The molecule has 0 spiro atoms. The molecule has 27 heavy (non-hydrogen) atoms. The molecule has 1 aromatic carbocycles. The third kappa shape index (κ3) is 4.13. The molecule has 2 fully saturated rings. The summed E-state index contributed by atoms with van der Waals surface area (Å²) in [5.74, 6) is 2.40. The maximum absolute atomic E-state index is 13.8. The summed E-state index contributed by atoms with van der Waals surface area (Å²) in [4.78, 5) is 13.3. The van der Waals surface area contributed by atoms with Gasteiger partial charge in [-0.1, -0.05) is 12.1 Å². The first-order valence-electron chi connectivity index (χ1n) is 9.56. The van der Waals surface area contributed by atoms with Crippen LogP contribution in [0.15, 0.2) is 24.3 Å². The van der Waals surface area contributed by atoms with Crippen molar-refractivity contribution in [3.63, 3.8) is 0 Å². The van der Waals surface area contributed by atoms with Crippen molar-refractivity contribution in [2.24, 2.45) is 5.92 Å². The van der Waals surface area contributed by atoms with E-state index in [1.807, 2.05) is 18.2 Å². The molecule has 1 aromatic heterocycles. The molecule has 2 saturated heterocycles. The number of aromatic nitrogens is 2. The molecule has 4 rings (SSSR count). The van der Waals surface area contributed by atoms with Gasteiger partial charge in [0.2, 0.25) is 5.95 Å². The Balaban J connectivity index is 1.45. The van der Waals surface area contributed by atoms with Gasteiger partial charge in [0.05, 0.1) is 13.2 Å². The lowest BCUT2D eigenvalue weighted by atomic mass is 9.98. The fraction of sp³-hybridized carbons (Fsp3) is 0.500. The lowest BCUT2D eigenvalue weighted by molar-refractivity contribution is 0.122. The number of nitrogens with zero attached hydrogens (tertiary/aromatic N) is 4. The number of morpholine rings is 1. The maximum Gasteiger partial charge on any atom is 0.223 e. The first kappa shape index (κ1) is 18.0. The Morgan fingerprint density at radius 3 is 2.59 bits per heavy atom. The van der Waals surface area contributed by atoms with Crippen LogP contribution in [0.5, 0.6) is 0 Å². The van der Waals surface area contributed by atoms with Gasteiger partial charge in [-0.3, -0.25) is 0 Å². The second-order valence-corrected chi connectivity index (χ2v) is 7.43. The molecule has 2 aromatic rings. The molecule has 2 N–H and O–H groups in total. The van der Waals surface area contributed by atoms with Gasteiger partial charge in [0.1, 0.15) is 17.5 Å². The molecule has 1 atom stereocenters. The monoisotopic (exact) mass is 371 g/mol.